The predicted molar refractivity (Wildman–Crippen MR) is 84.4 cm³/mol. The summed E-state index contributed by atoms with van der Waals surface area (Å²) < 4.78 is 0. The van der Waals surface area contributed by atoms with Crippen molar-refractivity contribution < 1.29 is 14.4 Å². The highest BCUT2D eigenvalue weighted by molar-refractivity contribution is 6.19. The summed E-state index contributed by atoms with van der Waals surface area (Å²) in [5.41, 5.74) is 0.391. The Hall–Kier alpha value is -2.95. The molecule has 0 saturated carbocycles. The summed E-state index contributed by atoms with van der Waals surface area (Å²) in [7, 11) is 0. The molecule has 2 N–H and O–H groups in total. The van der Waals surface area contributed by atoms with E-state index in [0.717, 1.165) is 11.1 Å². The van der Waals surface area contributed by atoms with E-state index >= 15 is 0 Å². The van der Waals surface area contributed by atoms with Crippen molar-refractivity contribution in [1.82, 2.24) is 10.6 Å². The van der Waals surface area contributed by atoms with Crippen LogP contribution >= 0.6 is 0 Å². The van der Waals surface area contributed by atoms with E-state index in [4.69, 9.17) is 0 Å². The van der Waals surface area contributed by atoms with Crippen molar-refractivity contribution in [2.24, 2.45) is 5.41 Å². The fourth-order valence-corrected chi connectivity index (χ4v) is 2.85. The zero-order valence-corrected chi connectivity index (χ0v) is 12.4. The van der Waals surface area contributed by atoms with E-state index in [-0.39, 0.29) is 12.8 Å². The van der Waals surface area contributed by atoms with Gasteiger partial charge in [-0.25, -0.2) is 4.79 Å². The van der Waals surface area contributed by atoms with Gasteiger partial charge in [0.1, 0.15) is 5.41 Å². The van der Waals surface area contributed by atoms with E-state index in [9.17, 15) is 14.4 Å². The summed E-state index contributed by atoms with van der Waals surface area (Å²) in [5.74, 6) is -1.11. The number of amides is 4. The molecule has 1 heterocycles. The number of barbiturate groups is 1. The highest BCUT2D eigenvalue weighted by Gasteiger charge is 2.50. The topological polar surface area (TPSA) is 75.3 Å². The number of nitrogens with one attached hydrogen (secondary N) is 2. The van der Waals surface area contributed by atoms with E-state index in [2.05, 4.69) is 10.6 Å². The van der Waals surface area contributed by atoms with E-state index in [1.54, 1.807) is 0 Å². The molecular weight excluding hydrogens is 292 g/mol. The minimum Gasteiger partial charge on any atom is -0.277 e. The van der Waals surface area contributed by atoms with Gasteiger partial charge in [-0.2, -0.15) is 0 Å². The van der Waals surface area contributed by atoms with Gasteiger partial charge in [-0.1, -0.05) is 60.7 Å². The predicted octanol–water partition coefficient (Wildman–Crippen LogP) is 1.82. The second-order valence-electron chi connectivity index (χ2n) is 5.64. The molecule has 0 atom stereocenters. The van der Waals surface area contributed by atoms with E-state index in [1.807, 2.05) is 60.7 Å². The van der Waals surface area contributed by atoms with Crippen LogP contribution in [0.15, 0.2) is 60.7 Å². The van der Waals surface area contributed by atoms with Crippen LogP contribution in [0.3, 0.4) is 0 Å². The van der Waals surface area contributed by atoms with Gasteiger partial charge in [-0.05, 0) is 24.0 Å². The summed E-state index contributed by atoms with van der Waals surface area (Å²) in [5, 5.41) is 4.46. The molecule has 0 bridgehead atoms. The minimum absolute atomic E-state index is 0.230. The van der Waals surface area contributed by atoms with Gasteiger partial charge in [0.15, 0.2) is 0 Å². The van der Waals surface area contributed by atoms with Gasteiger partial charge in [0, 0.05) is 0 Å². The van der Waals surface area contributed by atoms with Gasteiger partial charge in [0.05, 0.1) is 0 Å². The molecule has 1 aliphatic heterocycles. The van der Waals surface area contributed by atoms with E-state index in [1.165, 1.54) is 0 Å². The Balaban J connectivity index is 2.00. The van der Waals surface area contributed by atoms with Crippen LogP contribution in [0.5, 0.6) is 0 Å². The van der Waals surface area contributed by atoms with Crippen LogP contribution in [0.25, 0.3) is 0 Å². The highest BCUT2D eigenvalue weighted by atomic mass is 16.2. The molecule has 0 unspecified atom stereocenters. The Kier molecular flexibility index (Phi) is 3.93. The number of imide groups is 2. The zero-order valence-electron chi connectivity index (χ0n) is 12.4. The molecule has 3 rings (SSSR count). The third kappa shape index (κ3) is 2.99. The molecule has 0 aliphatic carbocycles. The van der Waals surface area contributed by atoms with Crippen LogP contribution in [0.1, 0.15) is 11.1 Å². The molecule has 0 radical (unpaired) electrons. The molecule has 2 aromatic carbocycles. The molecule has 0 aromatic heterocycles. The summed E-state index contributed by atoms with van der Waals surface area (Å²) in [4.78, 5) is 36.5. The van der Waals surface area contributed by atoms with E-state index in [0.29, 0.717) is 0 Å². The summed E-state index contributed by atoms with van der Waals surface area (Å²) >= 11 is 0. The second-order valence-corrected chi connectivity index (χ2v) is 5.64. The normalized spacial score (nSPS) is 16.6. The number of rotatable bonds is 4. The molecule has 2 aromatic rings. The SMILES string of the molecule is O=C1NC(=O)C(Cc2ccccc2)(Cc2ccccc2)C(=O)N1. The largest absolute Gasteiger partial charge is 0.328 e. The standard InChI is InChI=1S/C18H16N2O3/c21-15-18(16(22)20-17(23)19-15,11-13-7-3-1-4-8-13)12-14-9-5-2-6-10-14/h1-10H,11-12H2,(H2,19,20,21,22,23). The van der Waals surface area contributed by atoms with Crippen LogP contribution in [0.4, 0.5) is 4.79 Å². The number of urea groups is 1. The molecule has 1 aliphatic rings. The van der Waals surface area contributed by atoms with Crippen LogP contribution < -0.4 is 10.6 Å². The number of hydrogen-bond acceptors (Lipinski definition) is 3. The molecule has 23 heavy (non-hydrogen) atoms. The van der Waals surface area contributed by atoms with Crippen LogP contribution in [-0.4, -0.2) is 17.8 Å². The van der Waals surface area contributed by atoms with Crippen molar-refractivity contribution in [2.45, 2.75) is 12.8 Å². The fourth-order valence-electron chi connectivity index (χ4n) is 2.85. The van der Waals surface area contributed by atoms with Crippen molar-refractivity contribution in [3.63, 3.8) is 0 Å². The number of benzene rings is 2. The summed E-state index contributed by atoms with van der Waals surface area (Å²) in [6.07, 6.45) is 0.460. The summed E-state index contributed by atoms with van der Waals surface area (Å²) in [6, 6.07) is 17.9. The lowest BCUT2D eigenvalue weighted by molar-refractivity contribution is -0.144. The number of carbonyl (C=O) groups excluding carboxylic acids is 3. The first-order chi connectivity index (χ1) is 11.1. The van der Waals surface area contributed by atoms with Crippen LogP contribution in [-0.2, 0) is 22.4 Å². The third-order valence-corrected chi connectivity index (χ3v) is 4.02. The van der Waals surface area contributed by atoms with E-state index < -0.39 is 23.3 Å². The lowest BCUT2D eigenvalue weighted by Gasteiger charge is -2.34. The van der Waals surface area contributed by atoms with Crippen LogP contribution in [0.2, 0.25) is 0 Å². The number of carbonyl (C=O) groups is 3. The highest BCUT2D eigenvalue weighted by Crippen LogP contribution is 2.30. The fraction of sp³-hybridized carbons (Fsp3) is 0.167. The Morgan fingerprint density at radius 3 is 1.43 bits per heavy atom. The van der Waals surface area contributed by atoms with Gasteiger partial charge in [-0.3, -0.25) is 20.2 Å². The molecule has 1 fully saturated rings. The third-order valence-electron chi connectivity index (χ3n) is 4.02. The van der Waals surface area contributed by atoms with Gasteiger partial charge in [0.2, 0.25) is 11.8 Å². The first kappa shape index (κ1) is 15.0. The Morgan fingerprint density at radius 1 is 0.652 bits per heavy atom. The quantitative estimate of drug-likeness (QED) is 0.846. The molecule has 1 saturated heterocycles. The molecule has 5 heteroatoms. The van der Waals surface area contributed by atoms with Crippen molar-refractivity contribution >= 4 is 17.8 Å². The Labute approximate surface area is 133 Å². The molecule has 4 amide bonds. The maximum atomic E-state index is 12.6. The Bertz CT molecular complexity index is 678. The smallest absolute Gasteiger partial charge is 0.277 e. The average molecular weight is 308 g/mol. The first-order valence-corrected chi connectivity index (χ1v) is 7.35. The van der Waals surface area contributed by atoms with Gasteiger partial charge < -0.3 is 0 Å². The van der Waals surface area contributed by atoms with Gasteiger partial charge in [-0.15, -0.1) is 0 Å². The Morgan fingerprint density at radius 2 is 1.04 bits per heavy atom. The monoisotopic (exact) mass is 308 g/mol. The maximum absolute atomic E-state index is 12.6. The van der Waals surface area contributed by atoms with Crippen molar-refractivity contribution in [1.29, 1.82) is 0 Å². The molecule has 0 spiro atoms. The van der Waals surface area contributed by atoms with Gasteiger partial charge >= 0.3 is 6.03 Å². The average Bonchev–Trinajstić information content (AvgIpc) is 2.54. The van der Waals surface area contributed by atoms with Crippen LogP contribution in [0, 0.1) is 5.41 Å². The molecular formula is C18H16N2O3. The van der Waals surface area contributed by atoms with Crippen molar-refractivity contribution in [3.8, 4) is 0 Å². The maximum Gasteiger partial charge on any atom is 0.328 e. The molecule has 5 nitrogen and oxygen atoms in total. The van der Waals surface area contributed by atoms with Crippen molar-refractivity contribution in [3.05, 3.63) is 71.8 Å². The van der Waals surface area contributed by atoms with Crippen molar-refractivity contribution in [2.75, 3.05) is 0 Å². The zero-order chi connectivity index (χ0) is 16.3. The second kappa shape index (κ2) is 6.04. The lowest BCUT2D eigenvalue weighted by atomic mass is 9.74. The number of hydrogen-bond donors (Lipinski definition) is 2. The first-order valence-electron chi connectivity index (χ1n) is 7.35. The lowest BCUT2D eigenvalue weighted by Crippen LogP contribution is -2.64. The molecule has 116 valence electrons. The minimum atomic E-state index is -1.34. The summed E-state index contributed by atoms with van der Waals surface area (Å²) in [6.45, 7) is 0. The van der Waals surface area contributed by atoms with Gasteiger partial charge in [0.25, 0.3) is 0 Å².